The molecular formula is C18H37N. The van der Waals surface area contributed by atoms with E-state index in [0.717, 1.165) is 17.9 Å². The molecule has 2 aliphatic rings. The molecule has 1 heteroatoms. The Morgan fingerprint density at radius 2 is 1.47 bits per heavy atom. The lowest BCUT2D eigenvalue weighted by atomic mass is 9.67. The highest BCUT2D eigenvalue weighted by Gasteiger charge is 2.36. The molecule has 114 valence electrons. The molecule has 0 aromatic rings. The lowest BCUT2D eigenvalue weighted by molar-refractivity contribution is 0.0379. The van der Waals surface area contributed by atoms with Crippen molar-refractivity contribution in [2.75, 3.05) is 13.1 Å². The minimum atomic E-state index is 0.561. The number of piperidine rings is 1. The van der Waals surface area contributed by atoms with Crippen LogP contribution in [-0.4, -0.2) is 24.0 Å². The standard InChI is InChI=1S/C15H29N.C3H8/c1-12-7-9-16(10-8-12)14-6-5-13(2)15(3,4)11-14;1-3-2/h12-14H,5-11H2,1-4H3;3H2,1-2H3/t13-,14+;/m1./s1. The molecule has 1 aliphatic heterocycles. The largest absolute Gasteiger partial charge is 0.300 e. The molecule has 19 heavy (non-hydrogen) atoms. The highest BCUT2D eigenvalue weighted by atomic mass is 15.2. The predicted molar refractivity (Wildman–Crippen MR) is 86.5 cm³/mol. The van der Waals surface area contributed by atoms with Crippen LogP contribution in [0, 0.1) is 17.3 Å². The van der Waals surface area contributed by atoms with Gasteiger partial charge in [-0.2, -0.15) is 0 Å². The molecule has 0 amide bonds. The summed E-state index contributed by atoms with van der Waals surface area (Å²) in [4.78, 5) is 2.79. The minimum absolute atomic E-state index is 0.561. The second-order valence-electron chi connectivity index (χ2n) is 7.75. The first-order valence-corrected chi connectivity index (χ1v) is 8.64. The van der Waals surface area contributed by atoms with Crippen molar-refractivity contribution in [2.45, 2.75) is 86.1 Å². The number of hydrogen-bond donors (Lipinski definition) is 0. The van der Waals surface area contributed by atoms with Crippen molar-refractivity contribution in [3.63, 3.8) is 0 Å². The summed E-state index contributed by atoms with van der Waals surface area (Å²) in [6.07, 6.45) is 8.39. The normalized spacial score (nSPS) is 32.5. The Bertz CT molecular complexity index is 238. The lowest BCUT2D eigenvalue weighted by Crippen LogP contribution is -2.46. The summed E-state index contributed by atoms with van der Waals surface area (Å²) in [5, 5.41) is 0. The molecule has 1 heterocycles. The average molecular weight is 268 g/mol. The quantitative estimate of drug-likeness (QED) is 0.619. The SMILES string of the molecule is CC1CCN([C@H]2CC[C@@H](C)C(C)(C)C2)CC1.CCC. The highest BCUT2D eigenvalue weighted by Crippen LogP contribution is 2.42. The van der Waals surface area contributed by atoms with Gasteiger partial charge < -0.3 is 4.90 Å². The van der Waals surface area contributed by atoms with E-state index in [1.807, 2.05) is 0 Å². The van der Waals surface area contributed by atoms with Crippen molar-refractivity contribution < 1.29 is 0 Å². The predicted octanol–water partition coefficient (Wildman–Crippen LogP) is 5.35. The van der Waals surface area contributed by atoms with Gasteiger partial charge in [-0.15, -0.1) is 0 Å². The van der Waals surface area contributed by atoms with E-state index < -0.39 is 0 Å². The summed E-state index contributed by atoms with van der Waals surface area (Å²) in [5.41, 5.74) is 0.561. The molecule has 1 saturated heterocycles. The van der Waals surface area contributed by atoms with Gasteiger partial charge in [-0.3, -0.25) is 0 Å². The van der Waals surface area contributed by atoms with Gasteiger partial charge in [0.05, 0.1) is 0 Å². The Kier molecular flexibility index (Phi) is 6.86. The van der Waals surface area contributed by atoms with E-state index in [2.05, 4.69) is 46.4 Å². The molecule has 1 aliphatic carbocycles. The Balaban J connectivity index is 0.000000550. The van der Waals surface area contributed by atoms with Crippen LogP contribution in [0.2, 0.25) is 0 Å². The Hall–Kier alpha value is -0.0400. The summed E-state index contributed by atoms with van der Waals surface area (Å²) >= 11 is 0. The number of hydrogen-bond acceptors (Lipinski definition) is 1. The van der Waals surface area contributed by atoms with Crippen molar-refractivity contribution in [2.24, 2.45) is 17.3 Å². The van der Waals surface area contributed by atoms with E-state index in [-0.39, 0.29) is 0 Å². The first-order chi connectivity index (χ1) is 8.90. The summed E-state index contributed by atoms with van der Waals surface area (Å²) in [5.74, 6) is 1.87. The van der Waals surface area contributed by atoms with E-state index in [1.165, 1.54) is 51.6 Å². The fraction of sp³-hybridized carbons (Fsp3) is 1.00. The summed E-state index contributed by atoms with van der Waals surface area (Å²) in [6.45, 7) is 16.7. The van der Waals surface area contributed by atoms with Gasteiger partial charge >= 0.3 is 0 Å². The van der Waals surface area contributed by atoms with Crippen LogP contribution < -0.4 is 0 Å². The van der Waals surface area contributed by atoms with Crippen LogP contribution in [0.1, 0.15) is 80.1 Å². The number of likely N-dealkylation sites (tertiary alicyclic amines) is 1. The van der Waals surface area contributed by atoms with Crippen molar-refractivity contribution in [1.29, 1.82) is 0 Å². The van der Waals surface area contributed by atoms with Gasteiger partial charge in [0, 0.05) is 6.04 Å². The van der Waals surface area contributed by atoms with Crippen LogP contribution in [0.4, 0.5) is 0 Å². The molecule has 1 nitrogen and oxygen atoms in total. The van der Waals surface area contributed by atoms with E-state index in [9.17, 15) is 0 Å². The van der Waals surface area contributed by atoms with Crippen molar-refractivity contribution in [1.82, 2.24) is 4.90 Å². The van der Waals surface area contributed by atoms with Crippen LogP contribution in [0.25, 0.3) is 0 Å². The fourth-order valence-corrected chi connectivity index (χ4v) is 3.45. The molecule has 0 bridgehead atoms. The fourth-order valence-electron chi connectivity index (χ4n) is 3.45. The maximum atomic E-state index is 2.79. The second kappa shape index (κ2) is 7.67. The molecule has 2 fully saturated rings. The number of nitrogens with zero attached hydrogens (tertiary/aromatic N) is 1. The summed E-state index contributed by atoms with van der Waals surface area (Å²) < 4.78 is 0. The van der Waals surface area contributed by atoms with Crippen LogP contribution >= 0.6 is 0 Å². The van der Waals surface area contributed by atoms with E-state index >= 15 is 0 Å². The minimum Gasteiger partial charge on any atom is -0.300 e. The third-order valence-electron chi connectivity index (χ3n) is 5.36. The van der Waals surface area contributed by atoms with Gasteiger partial charge in [-0.1, -0.05) is 48.0 Å². The smallest absolute Gasteiger partial charge is 0.0100 e. The average Bonchev–Trinajstić information content (AvgIpc) is 2.35. The topological polar surface area (TPSA) is 3.24 Å². The van der Waals surface area contributed by atoms with Gasteiger partial charge in [0.15, 0.2) is 0 Å². The van der Waals surface area contributed by atoms with Gasteiger partial charge in [0.2, 0.25) is 0 Å². The highest BCUT2D eigenvalue weighted by molar-refractivity contribution is 4.90. The third kappa shape index (κ3) is 5.10. The lowest BCUT2D eigenvalue weighted by Gasteiger charge is -2.46. The van der Waals surface area contributed by atoms with E-state index in [0.29, 0.717) is 5.41 Å². The van der Waals surface area contributed by atoms with Crippen LogP contribution in [0.15, 0.2) is 0 Å². The molecular weight excluding hydrogens is 230 g/mol. The summed E-state index contributed by atoms with van der Waals surface area (Å²) in [6, 6.07) is 0.888. The zero-order valence-corrected chi connectivity index (χ0v) is 14.3. The molecule has 1 saturated carbocycles. The van der Waals surface area contributed by atoms with Crippen LogP contribution in [0.5, 0.6) is 0 Å². The van der Waals surface area contributed by atoms with E-state index in [1.54, 1.807) is 0 Å². The molecule has 0 radical (unpaired) electrons. The zero-order valence-electron chi connectivity index (χ0n) is 14.3. The monoisotopic (exact) mass is 267 g/mol. The van der Waals surface area contributed by atoms with E-state index in [4.69, 9.17) is 0 Å². The Morgan fingerprint density at radius 1 is 0.947 bits per heavy atom. The van der Waals surface area contributed by atoms with Crippen LogP contribution in [0.3, 0.4) is 0 Å². The molecule has 0 aromatic heterocycles. The third-order valence-corrected chi connectivity index (χ3v) is 5.36. The molecule has 0 spiro atoms. The maximum Gasteiger partial charge on any atom is 0.0100 e. The zero-order chi connectivity index (χ0) is 14.5. The van der Waals surface area contributed by atoms with Crippen molar-refractivity contribution in [3.8, 4) is 0 Å². The number of rotatable bonds is 1. The molecule has 0 aromatic carbocycles. The molecule has 0 unspecified atom stereocenters. The van der Waals surface area contributed by atoms with Gasteiger partial charge in [-0.25, -0.2) is 0 Å². The molecule has 2 atom stereocenters. The Labute approximate surface area is 122 Å². The second-order valence-corrected chi connectivity index (χ2v) is 7.75. The van der Waals surface area contributed by atoms with Gasteiger partial charge in [0.1, 0.15) is 0 Å². The first kappa shape index (κ1) is 17.0. The first-order valence-electron chi connectivity index (χ1n) is 8.64. The van der Waals surface area contributed by atoms with Gasteiger partial charge in [0.25, 0.3) is 0 Å². The molecule has 0 N–H and O–H groups in total. The Morgan fingerprint density at radius 3 is 1.95 bits per heavy atom. The summed E-state index contributed by atoms with van der Waals surface area (Å²) in [7, 11) is 0. The van der Waals surface area contributed by atoms with Gasteiger partial charge in [-0.05, 0) is 62.4 Å². The molecule has 2 rings (SSSR count). The van der Waals surface area contributed by atoms with Crippen molar-refractivity contribution >= 4 is 0 Å². The van der Waals surface area contributed by atoms with Crippen molar-refractivity contribution in [3.05, 3.63) is 0 Å². The van der Waals surface area contributed by atoms with Crippen LogP contribution in [-0.2, 0) is 0 Å². The maximum absolute atomic E-state index is 2.79.